The van der Waals surface area contributed by atoms with Crippen LogP contribution in [0.15, 0.2) is 36.5 Å². The molecule has 1 heterocycles. The summed E-state index contributed by atoms with van der Waals surface area (Å²) in [6, 6.07) is 9.75. The zero-order valence-corrected chi connectivity index (χ0v) is 11.1. The monoisotopic (exact) mass is 261 g/mol. The van der Waals surface area contributed by atoms with Crippen LogP contribution < -0.4 is 0 Å². The summed E-state index contributed by atoms with van der Waals surface area (Å²) in [6.45, 7) is 1.66. The van der Waals surface area contributed by atoms with Gasteiger partial charge in [-0.2, -0.15) is 0 Å². The highest BCUT2D eigenvalue weighted by Crippen LogP contribution is 2.21. The van der Waals surface area contributed by atoms with Crippen molar-refractivity contribution in [2.24, 2.45) is 0 Å². The van der Waals surface area contributed by atoms with E-state index in [-0.39, 0.29) is 0 Å². The van der Waals surface area contributed by atoms with Crippen LogP contribution >= 0.6 is 0 Å². The summed E-state index contributed by atoms with van der Waals surface area (Å²) >= 11 is 0. The van der Waals surface area contributed by atoms with Crippen molar-refractivity contribution in [2.75, 3.05) is 26.9 Å². The van der Waals surface area contributed by atoms with Gasteiger partial charge in [0.15, 0.2) is 0 Å². The number of aromatic nitrogens is 1. The fourth-order valence-corrected chi connectivity index (χ4v) is 1.90. The highest BCUT2D eigenvalue weighted by molar-refractivity contribution is 5.78. The molecule has 0 radical (unpaired) electrons. The highest BCUT2D eigenvalue weighted by atomic mass is 16.5. The van der Waals surface area contributed by atoms with Gasteiger partial charge in [0.25, 0.3) is 0 Å². The van der Waals surface area contributed by atoms with E-state index >= 15 is 0 Å². The summed E-state index contributed by atoms with van der Waals surface area (Å²) in [5.41, 5.74) is 1.78. The lowest BCUT2D eigenvalue weighted by Crippen LogP contribution is -2.07. The molecule has 4 nitrogen and oxygen atoms in total. The van der Waals surface area contributed by atoms with Gasteiger partial charge >= 0.3 is 0 Å². The van der Waals surface area contributed by atoms with Crippen molar-refractivity contribution in [1.82, 2.24) is 4.98 Å². The lowest BCUT2D eigenvalue weighted by atomic mass is 10.0. The van der Waals surface area contributed by atoms with Crippen molar-refractivity contribution >= 4 is 10.9 Å². The molecule has 1 atom stereocenters. The van der Waals surface area contributed by atoms with Gasteiger partial charge in [0.1, 0.15) is 0 Å². The molecule has 0 saturated carbocycles. The lowest BCUT2D eigenvalue weighted by molar-refractivity contribution is 0.0476. The van der Waals surface area contributed by atoms with Crippen LogP contribution in [0.5, 0.6) is 0 Å². The van der Waals surface area contributed by atoms with Gasteiger partial charge in [-0.15, -0.1) is 0 Å². The van der Waals surface area contributed by atoms with Crippen molar-refractivity contribution in [3.05, 3.63) is 42.1 Å². The first-order chi connectivity index (χ1) is 9.31. The molecule has 0 amide bonds. The van der Waals surface area contributed by atoms with Crippen LogP contribution in [0.2, 0.25) is 0 Å². The van der Waals surface area contributed by atoms with Crippen LogP contribution in [0.3, 0.4) is 0 Å². The second-order valence-corrected chi connectivity index (χ2v) is 4.37. The van der Waals surface area contributed by atoms with Gasteiger partial charge < -0.3 is 14.6 Å². The van der Waals surface area contributed by atoms with Crippen LogP contribution in [-0.2, 0) is 9.47 Å². The Morgan fingerprint density at radius 1 is 1.21 bits per heavy atom. The Kier molecular flexibility index (Phi) is 5.27. The number of aliphatic hydroxyl groups excluding tert-OH is 1. The molecule has 0 aliphatic heterocycles. The molecule has 19 heavy (non-hydrogen) atoms. The normalized spacial score (nSPS) is 12.7. The van der Waals surface area contributed by atoms with E-state index in [0.29, 0.717) is 26.2 Å². The molecule has 1 N–H and O–H groups in total. The van der Waals surface area contributed by atoms with Crippen molar-refractivity contribution in [2.45, 2.75) is 12.5 Å². The van der Waals surface area contributed by atoms with Crippen LogP contribution in [0, 0.1) is 0 Å². The predicted octanol–water partition coefficient (Wildman–Crippen LogP) is 2.32. The number of pyridine rings is 1. The van der Waals surface area contributed by atoms with E-state index in [4.69, 9.17) is 9.47 Å². The number of hydrogen-bond donors (Lipinski definition) is 1. The molecular weight excluding hydrogens is 242 g/mol. The molecular formula is C15H19NO3. The molecule has 4 heteroatoms. The summed E-state index contributed by atoms with van der Waals surface area (Å²) in [7, 11) is 1.64. The highest BCUT2D eigenvalue weighted by Gasteiger charge is 2.08. The van der Waals surface area contributed by atoms with Gasteiger partial charge in [0.2, 0.25) is 0 Å². The maximum Gasteiger partial charge on any atom is 0.0812 e. The first-order valence-electron chi connectivity index (χ1n) is 6.40. The molecule has 0 spiro atoms. The molecule has 102 valence electrons. The summed E-state index contributed by atoms with van der Waals surface area (Å²) < 4.78 is 10.2. The van der Waals surface area contributed by atoms with Crippen LogP contribution in [0.1, 0.15) is 18.1 Å². The molecule has 0 bridgehead atoms. The predicted molar refractivity (Wildman–Crippen MR) is 74.0 cm³/mol. The minimum Gasteiger partial charge on any atom is -0.388 e. The third kappa shape index (κ3) is 3.99. The zero-order chi connectivity index (χ0) is 13.5. The zero-order valence-electron chi connectivity index (χ0n) is 11.1. The van der Waals surface area contributed by atoms with Gasteiger partial charge in [-0.25, -0.2) is 0 Å². The quantitative estimate of drug-likeness (QED) is 0.777. The number of hydrogen-bond acceptors (Lipinski definition) is 4. The molecule has 2 rings (SSSR count). The van der Waals surface area contributed by atoms with Gasteiger partial charge in [-0.05, 0) is 17.7 Å². The number of benzene rings is 1. The second kappa shape index (κ2) is 7.19. The number of nitrogens with zero attached hydrogens (tertiary/aromatic N) is 1. The fraction of sp³-hybridized carbons (Fsp3) is 0.400. The minimum atomic E-state index is -0.519. The summed E-state index contributed by atoms with van der Waals surface area (Å²) in [5, 5.41) is 11.2. The Morgan fingerprint density at radius 2 is 2.11 bits per heavy atom. The standard InChI is InChI=1S/C15H19NO3/c1-18-9-10-19-8-6-15(17)13-5-4-12-3-2-7-16-14(12)11-13/h2-5,7,11,15,17H,6,8-10H2,1H3. The van der Waals surface area contributed by atoms with E-state index in [1.54, 1.807) is 13.3 Å². The minimum absolute atomic E-state index is 0.519. The molecule has 0 fully saturated rings. The Balaban J connectivity index is 1.91. The van der Waals surface area contributed by atoms with Crippen LogP contribution in [0.25, 0.3) is 10.9 Å². The smallest absolute Gasteiger partial charge is 0.0812 e. The first-order valence-corrected chi connectivity index (χ1v) is 6.40. The number of methoxy groups -OCH3 is 1. The molecule has 0 saturated heterocycles. The number of aliphatic hydroxyl groups is 1. The Hall–Kier alpha value is -1.49. The van der Waals surface area contributed by atoms with Crippen molar-refractivity contribution in [3.63, 3.8) is 0 Å². The summed E-state index contributed by atoms with van der Waals surface area (Å²) in [5.74, 6) is 0. The largest absolute Gasteiger partial charge is 0.388 e. The van der Waals surface area contributed by atoms with E-state index in [1.807, 2.05) is 30.3 Å². The number of ether oxygens (including phenoxy) is 2. The van der Waals surface area contributed by atoms with E-state index in [0.717, 1.165) is 16.5 Å². The maximum absolute atomic E-state index is 10.1. The first kappa shape index (κ1) is 13.9. The Morgan fingerprint density at radius 3 is 2.95 bits per heavy atom. The van der Waals surface area contributed by atoms with E-state index < -0.39 is 6.10 Å². The van der Waals surface area contributed by atoms with E-state index in [2.05, 4.69) is 4.98 Å². The average Bonchev–Trinajstić information content (AvgIpc) is 2.46. The van der Waals surface area contributed by atoms with Gasteiger partial charge in [-0.3, -0.25) is 4.98 Å². The maximum atomic E-state index is 10.1. The summed E-state index contributed by atoms with van der Waals surface area (Å²) in [4.78, 5) is 4.29. The van der Waals surface area contributed by atoms with E-state index in [9.17, 15) is 5.11 Å². The number of fused-ring (bicyclic) bond motifs is 1. The second-order valence-electron chi connectivity index (χ2n) is 4.37. The van der Waals surface area contributed by atoms with Crippen LogP contribution in [-0.4, -0.2) is 37.0 Å². The molecule has 2 aromatic rings. The molecule has 0 aliphatic rings. The van der Waals surface area contributed by atoms with E-state index in [1.165, 1.54) is 0 Å². The SMILES string of the molecule is COCCOCCC(O)c1ccc2cccnc2c1. The van der Waals surface area contributed by atoms with Crippen molar-refractivity contribution in [3.8, 4) is 0 Å². The molecule has 0 aliphatic carbocycles. The Bertz CT molecular complexity index is 515. The number of rotatable bonds is 7. The molecule has 1 unspecified atom stereocenters. The fourth-order valence-electron chi connectivity index (χ4n) is 1.90. The third-order valence-electron chi connectivity index (χ3n) is 2.98. The lowest BCUT2D eigenvalue weighted by Gasteiger charge is -2.12. The van der Waals surface area contributed by atoms with Gasteiger partial charge in [0.05, 0.1) is 24.8 Å². The summed E-state index contributed by atoms with van der Waals surface area (Å²) in [6.07, 6.45) is 1.81. The van der Waals surface area contributed by atoms with Crippen molar-refractivity contribution in [1.29, 1.82) is 0 Å². The van der Waals surface area contributed by atoms with Crippen molar-refractivity contribution < 1.29 is 14.6 Å². The molecule has 1 aromatic carbocycles. The van der Waals surface area contributed by atoms with Gasteiger partial charge in [-0.1, -0.05) is 18.2 Å². The van der Waals surface area contributed by atoms with Crippen LogP contribution in [0.4, 0.5) is 0 Å². The van der Waals surface area contributed by atoms with Gasteiger partial charge in [0, 0.05) is 31.7 Å². The molecule has 1 aromatic heterocycles. The third-order valence-corrected chi connectivity index (χ3v) is 2.98. The average molecular weight is 261 g/mol. The Labute approximate surface area is 113 Å². The topological polar surface area (TPSA) is 51.6 Å².